The van der Waals surface area contributed by atoms with E-state index in [1.54, 1.807) is 29.3 Å². The maximum atomic E-state index is 11.3. The van der Waals surface area contributed by atoms with Crippen molar-refractivity contribution in [1.29, 1.82) is 0 Å². The molecule has 43 heavy (non-hydrogen) atoms. The van der Waals surface area contributed by atoms with Crippen LogP contribution in [0.1, 0.15) is 63.6 Å². The van der Waals surface area contributed by atoms with Gasteiger partial charge < -0.3 is 55.0 Å². The molecule has 5 aliphatic heterocycles. The van der Waals surface area contributed by atoms with E-state index in [4.69, 9.17) is 39.9 Å². The quantitative estimate of drug-likeness (QED) is 0.365. The SMILES string of the molecule is C.CC1(C)O[C@@H]2[C@H](O1)C(CO)O[C@H]2N1C=CCC(C(N)=O)=C1.CC1(C)O[C@@H]2[C@H](O1)C(CO)O[C@H]2c1cccc(C(N)=O)c1. The van der Waals surface area contributed by atoms with Crippen molar-refractivity contribution in [2.75, 3.05) is 13.2 Å². The number of ether oxygens (including phenoxy) is 6. The first-order chi connectivity index (χ1) is 19.8. The lowest BCUT2D eigenvalue weighted by atomic mass is 10.00. The molecule has 4 fully saturated rings. The molecular weight excluding hydrogens is 562 g/mol. The summed E-state index contributed by atoms with van der Waals surface area (Å²) >= 11 is 0. The Morgan fingerprint density at radius 2 is 1.47 bits per heavy atom. The molecule has 0 aromatic heterocycles. The highest BCUT2D eigenvalue weighted by atomic mass is 16.8. The van der Waals surface area contributed by atoms with Crippen LogP contribution in [0.3, 0.4) is 0 Å². The van der Waals surface area contributed by atoms with Crippen LogP contribution in [0.25, 0.3) is 0 Å². The molecule has 5 heterocycles. The Kier molecular flexibility index (Phi) is 9.69. The fourth-order valence-corrected chi connectivity index (χ4v) is 5.91. The number of rotatable bonds is 6. The fourth-order valence-electron chi connectivity index (χ4n) is 5.91. The number of fused-ring (bicyclic) bond motifs is 2. The molecule has 5 aliphatic rings. The first kappa shape index (κ1) is 33.0. The van der Waals surface area contributed by atoms with E-state index in [2.05, 4.69) is 0 Å². The Bertz CT molecular complexity index is 1250. The van der Waals surface area contributed by atoms with Gasteiger partial charge in [0.15, 0.2) is 17.8 Å². The molecule has 13 heteroatoms. The van der Waals surface area contributed by atoms with Crippen LogP contribution >= 0.6 is 0 Å². The van der Waals surface area contributed by atoms with Crippen molar-refractivity contribution in [2.24, 2.45) is 11.5 Å². The van der Waals surface area contributed by atoms with Gasteiger partial charge in [0.1, 0.15) is 42.7 Å². The van der Waals surface area contributed by atoms with Crippen LogP contribution in [0.4, 0.5) is 0 Å². The van der Waals surface area contributed by atoms with Crippen LogP contribution in [-0.2, 0) is 33.2 Å². The van der Waals surface area contributed by atoms with E-state index in [0.717, 1.165) is 5.56 Å². The third-order valence-corrected chi connectivity index (χ3v) is 7.67. The second-order valence-corrected chi connectivity index (χ2v) is 11.7. The van der Waals surface area contributed by atoms with E-state index >= 15 is 0 Å². The molecule has 8 atom stereocenters. The number of carbonyl (C=O) groups excluding carboxylic acids is 2. The Hall–Kier alpha value is -2.88. The summed E-state index contributed by atoms with van der Waals surface area (Å²) in [6.45, 7) is 7.02. The average molecular weight is 606 g/mol. The molecule has 0 spiro atoms. The van der Waals surface area contributed by atoms with E-state index in [1.807, 2.05) is 46.0 Å². The Morgan fingerprint density at radius 1 is 0.884 bits per heavy atom. The fraction of sp³-hybridized carbons (Fsp3) is 0.600. The molecule has 6 rings (SSSR count). The number of aliphatic hydroxyl groups is 2. The van der Waals surface area contributed by atoms with Gasteiger partial charge in [-0.2, -0.15) is 0 Å². The van der Waals surface area contributed by atoms with Crippen LogP contribution in [-0.4, -0.2) is 94.6 Å². The lowest BCUT2D eigenvalue weighted by Gasteiger charge is -2.31. The van der Waals surface area contributed by atoms with Crippen molar-refractivity contribution in [2.45, 2.75) is 102 Å². The highest BCUT2D eigenvalue weighted by Gasteiger charge is 2.57. The van der Waals surface area contributed by atoms with Crippen molar-refractivity contribution in [3.8, 4) is 0 Å². The molecule has 13 nitrogen and oxygen atoms in total. The predicted octanol–water partition coefficient (Wildman–Crippen LogP) is 1.19. The number of amides is 2. The highest BCUT2D eigenvalue weighted by molar-refractivity contribution is 5.93. The normalized spacial score (nSPS) is 34.8. The zero-order valence-corrected chi connectivity index (χ0v) is 24.0. The van der Waals surface area contributed by atoms with E-state index in [9.17, 15) is 19.8 Å². The van der Waals surface area contributed by atoms with Gasteiger partial charge >= 0.3 is 0 Å². The van der Waals surface area contributed by atoms with Crippen LogP contribution in [0.5, 0.6) is 0 Å². The molecule has 6 N–H and O–H groups in total. The summed E-state index contributed by atoms with van der Waals surface area (Å²) in [4.78, 5) is 24.4. The maximum Gasteiger partial charge on any atom is 0.248 e. The van der Waals surface area contributed by atoms with E-state index in [1.165, 1.54) is 0 Å². The topological polar surface area (TPSA) is 185 Å². The molecule has 2 amide bonds. The summed E-state index contributed by atoms with van der Waals surface area (Å²) in [6.07, 6.45) is 2.74. The zero-order valence-electron chi connectivity index (χ0n) is 24.0. The van der Waals surface area contributed by atoms with Crippen LogP contribution in [0.15, 0.2) is 48.3 Å². The number of hydrogen-bond acceptors (Lipinski definition) is 11. The van der Waals surface area contributed by atoms with Crippen LogP contribution in [0.2, 0.25) is 0 Å². The minimum absolute atomic E-state index is 0. The van der Waals surface area contributed by atoms with Gasteiger partial charge in [0, 0.05) is 23.5 Å². The molecule has 0 bridgehead atoms. The number of primary amides is 2. The van der Waals surface area contributed by atoms with E-state index < -0.39 is 47.9 Å². The summed E-state index contributed by atoms with van der Waals surface area (Å²) in [5.41, 5.74) is 12.3. The number of aliphatic hydroxyl groups excluding tert-OH is 2. The number of allylic oxidation sites excluding steroid dienone is 1. The predicted molar refractivity (Wildman–Crippen MR) is 153 cm³/mol. The zero-order chi connectivity index (χ0) is 30.4. The molecule has 1 aromatic carbocycles. The van der Waals surface area contributed by atoms with Crippen molar-refractivity contribution >= 4 is 11.8 Å². The van der Waals surface area contributed by atoms with Gasteiger partial charge in [0.05, 0.1) is 13.2 Å². The first-order valence-electron chi connectivity index (χ1n) is 13.9. The molecule has 0 aliphatic carbocycles. The van der Waals surface area contributed by atoms with Gasteiger partial charge in [0.2, 0.25) is 11.8 Å². The summed E-state index contributed by atoms with van der Waals surface area (Å²) in [7, 11) is 0. The molecular formula is C30H43N3O10. The minimum atomic E-state index is -0.722. The maximum absolute atomic E-state index is 11.3. The average Bonchev–Trinajstić information content (AvgIpc) is 3.64. The molecule has 0 saturated carbocycles. The third-order valence-electron chi connectivity index (χ3n) is 7.67. The standard InChI is InChI=1S/C15H19NO5.C14H20N2O5.CH4/c1-15(2)20-12-10(7-17)19-11(13(12)21-15)8-4-3-5-9(6-8)14(16)18;1-14(2)20-10-9(7-17)19-13(11(10)21-14)16-5-3-4-8(6-16)12(15)18;/h3-6,10-13,17H,7H2,1-2H3,(H2,16,18);3,5-6,9-11,13,17H,4,7H2,1-2H3,(H2,15,18);1H4/t10?,11-,12+,13-;9?,10-,11-,13-;/m01./s1. The number of nitrogens with two attached hydrogens (primary N) is 2. The second kappa shape index (κ2) is 12.6. The lowest BCUT2D eigenvalue weighted by Crippen LogP contribution is -2.40. The summed E-state index contributed by atoms with van der Waals surface area (Å²) < 4.78 is 35.0. The molecule has 0 radical (unpaired) electrons. The van der Waals surface area contributed by atoms with Gasteiger partial charge in [-0.25, -0.2) is 0 Å². The molecule has 238 valence electrons. The number of carbonyl (C=O) groups is 2. The summed E-state index contributed by atoms with van der Waals surface area (Å²) in [5.74, 6) is -2.39. The van der Waals surface area contributed by atoms with Gasteiger partial charge in [-0.3, -0.25) is 9.59 Å². The van der Waals surface area contributed by atoms with Crippen molar-refractivity contribution < 1.29 is 48.2 Å². The molecule has 2 unspecified atom stereocenters. The first-order valence-corrected chi connectivity index (χ1v) is 13.9. The smallest absolute Gasteiger partial charge is 0.248 e. The van der Waals surface area contributed by atoms with Gasteiger partial charge in [0.25, 0.3) is 0 Å². The summed E-state index contributed by atoms with van der Waals surface area (Å²) in [6, 6.07) is 6.94. The Labute approximate surface area is 251 Å². The number of benzene rings is 1. The Balaban J connectivity index is 0.000000192. The minimum Gasteiger partial charge on any atom is -0.394 e. The molecule has 1 aromatic rings. The van der Waals surface area contributed by atoms with E-state index in [0.29, 0.717) is 17.6 Å². The molecule has 4 saturated heterocycles. The van der Waals surface area contributed by atoms with Crippen molar-refractivity contribution in [3.05, 3.63) is 59.4 Å². The van der Waals surface area contributed by atoms with Gasteiger partial charge in [-0.1, -0.05) is 25.6 Å². The van der Waals surface area contributed by atoms with Crippen LogP contribution in [0, 0.1) is 0 Å². The monoisotopic (exact) mass is 605 g/mol. The van der Waals surface area contributed by atoms with Crippen LogP contribution < -0.4 is 11.5 Å². The number of nitrogens with zero attached hydrogens (tertiary/aromatic N) is 1. The van der Waals surface area contributed by atoms with Crippen molar-refractivity contribution in [3.63, 3.8) is 0 Å². The lowest BCUT2D eigenvalue weighted by molar-refractivity contribution is -0.201. The van der Waals surface area contributed by atoms with Gasteiger partial charge in [-0.05, 0) is 51.8 Å². The highest BCUT2D eigenvalue weighted by Crippen LogP contribution is 2.45. The number of hydrogen-bond donors (Lipinski definition) is 4. The van der Waals surface area contributed by atoms with E-state index in [-0.39, 0.29) is 45.1 Å². The summed E-state index contributed by atoms with van der Waals surface area (Å²) in [5, 5.41) is 18.9. The van der Waals surface area contributed by atoms with Gasteiger partial charge in [-0.15, -0.1) is 0 Å². The Morgan fingerprint density at radius 3 is 2.07 bits per heavy atom. The second-order valence-electron chi connectivity index (χ2n) is 11.7. The largest absolute Gasteiger partial charge is 0.394 e. The van der Waals surface area contributed by atoms with Crippen molar-refractivity contribution in [1.82, 2.24) is 4.90 Å². The third kappa shape index (κ3) is 6.79.